The molecule has 0 bridgehead atoms. The number of hydrogen-bond acceptors (Lipinski definition) is 3. The number of aromatic nitrogens is 1. The zero-order valence-electron chi connectivity index (χ0n) is 7.26. The molecule has 13 heavy (non-hydrogen) atoms. The zero-order chi connectivity index (χ0) is 9.10. The van der Waals surface area contributed by atoms with Crippen LogP contribution in [-0.2, 0) is 0 Å². The number of rotatable bonds is 2. The number of pyridine rings is 1. The quantitative estimate of drug-likeness (QED) is 0.714. The Morgan fingerprint density at radius 2 is 2.46 bits per heavy atom. The van der Waals surface area contributed by atoms with Crippen LogP contribution < -0.4 is 10.6 Å². The van der Waals surface area contributed by atoms with Crippen molar-refractivity contribution in [2.75, 3.05) is 18.4 Å². The van der Waals surface area contributed by atoms with Gasteiger partial charge < -0.3 is 10.6 Å². The fourth-order valence-corrected chi connectivity index (χ4v) is 1.45. The molecule has 70 valence electrons. The number of nitrogens with one attached hydrogen (secondary N) is 2. The highest BCUT2D eigenvalue weighted by Crippen LogP contribution is 2.08. The molecule has 1 aliphatic heterocycles. The Kier molecular flexibility index (Phi) is 2.40. The van der Waals surface area contributed by atoms with Gasteiger partial charge in [-0.3, -0.25) is 0 Å². The second-order valence-electron chi connectivity index (χ2n) is 3.20. The van der Waals surface area contributed by atoms with Crippen LogP contribution in [-0.4, -0.2) is 24.1 Å². The smallest absolute Gasteiger partial charge is 0.141 e. The summed E-state index contributed by atoms with van der Waals surface area (Å²) in [5.41, 5.74) is 0. The van der Waals surface area contributed by atoms with Gasteiger partial charge in [0.15, 0.2) is 0 Å². The minimum absolute atomic E-state index is 0.296. The first-order valence-electron chi connectivity index (χ1n) is 4.43. The van der Waals surface area contributed by atoms with E-state index >= 15 is 0 Å². The van der Waals surface area contributed by atoms with E-state index in [9.17, 15) is 4.39 Å². The predicted molar refractivity (Wildman–Crippen MR) is 49.1 cm³/mol. The van der Waals surface area contributed by atoms with E-state index < -0.39 is 0 Å². The fourth-order valence-electron chi connectivity index (χ4n) is 1.45. The molecule has 0 unspecified atom stereocenters. The molecule has 2 N–H and O–H groups in total. The van der Waals surface area contributed by atoms with Crippen LogP contribution >= 0.6 is 0 Å². The molecule has 1 fully saturated rings. The van der Waals surface area contributed by atoms with Crippen molar-refractivity contribution in [3.63, 3.8) is 0 Å². The number of halogens is 1. The molecule has 0 spiro atoms. The predicted octanol–water partition coefficient (Wildman–Crippen LogP) is 0.994. The third kappa shape index (κ3) is 2.15. The summed E-state index contributed by atoms with van der Waals surface area (Å²) in [6, 6.07) is 3.50. The summed E-state index contributed by atoms with van der Waals surface area (Å²) < 4.78 is 12.5. The molecular formula is C9H12FN3. The molecule has 0 aromatic carbocycles. The molecule has 3 nitrogen and oxygen atoms in total. The summed E-state index contributed by atoms with van der Waals surface area (Å²) >= 11 is 0. The summed E-state index contributed by atoms with van der Waals surface area (Å²) in [4.78, 5) is 3.93. The molecule has 2 heterocycles. The maximum Gasteiger partial charge on any atom is 0.141 e. The Bertz CT molecular complexity index is 267. The topological polar surface area (TPSA) is 37.0 Å². The van der Waals surface area contributed by atoms with Gasteiger partial charge in [-0.05, 0) is 25.1 Å². The van der Waals surface area contributed by atoms with Crippen LogP contribution in [0.4, 0.5) is 10.2 Å². The molecule has 1 saturated heterocycles. The highest BCUT2D eigenvalue weighted by molar-refractivity contribution is 5.35. The molecule has 1 aromatic heterocycles. The highest BCUT2D eigenvalue weighted by Gasteiger charge is 2.13. The second kappa shape index (κ2) is 3.70. The second-order valence-corrected chi connectivity index (χ2v) is 3.20. The molecule has 0 amide bonds. The van der Waals surface area contributed by atoms with Gasteiger partial charge in [0.2, 0.25) is 0 Å². The minimum Gasteiger partial charge on any atom is -0.366 e. The molecular weight excluding hydrogens is 169 g/mol. The lowest BCUT2D eigenvalue weighted by atomic mass is 10.2. The average molecular weight is 181 g/mol. The summed E-state index contributed by atoms with van der Waals surface area (Å²) in [6.45, 7) is 2.00. The summed E-state index contributed by atoms with van der Waals surface area (Å²) in [7, 11) is 0. The van der Waals surface area contributed by atoms with Gasteiger partial charge in [0.25, 0.3) is 0 Å². The van der Waals surface area contributed by atoms with Crippen LogP contribution in [0.15, 0.2) is 18.3 Å². The van der Waals surface area contributed by atoms with Crippen LogP contribution in [0.25, 0.3) is 0 Å². The summed E-state index contributed by atoms with van der Waals surface area (Å²) in [5, 5.41) is 6.47. The van der Waals surface area contributed by atoms with Gasteiger partial charge in [-0.25, -0.2) is 9.37 Å². The van der Waals surface area contributed by atoms with Crippen molar-refractivity contribution < 1.29 is 4.39 Å². The standard InChI is InChI=1S/C9H12FN3/c10-7-1-2-9(12-5-7)13-8-3-4-11-6-8/h1-2,5,8,11H,3-4,6H2,(H,12,13)/t8-/m1/s1. The first kappa shape index (κ1) is 8.44. The van der Waals surface area contributed by atoms with Crippen molar-refractivity contribution in [1.82, 2.24) is 10.3 Å². The molecule has 0 radical (unpaired) electrons. The van der Waals surface area contributed by atoms with Crippen LogP contribution in [0.2, 0.25) is 0 Å². The molecule has 1 aliphatic rings. The Balaban J connectivity index is 1.97. The lowest BCUT2D eigenvalue weighted by Crippen LogP contribution is -2.22. The van der Waals surface area contributed by atoms with Crippen LogP contribution in [0.1, 0.15) is 6.42 Å². The molecule has 2 rings (SSSR count). The molecule has 0 aliphatic carbocycles. The minimum atomic E-state index is -0.296. The molecule has 1 aromatic rings. The monoisotopic (exact) mass is 181 g/mol. The normalized spacial score (nSPS) is 21.8. The van der Waals surface area contributed by atoms with E-state index in [0.29, 0.717) is 6.04 Å². The zero-order valence-corrected chi connectivity index (χ0v) is 7.26. The maximum atomic E-state index is 12.5. The first-order chi connectivity index (χ1) is 6.34. The highest BCUT2D eigenvalue weighted by atomic mass is 19.1. The van der Waals surface area contributed by atoms with E-state index in [2.05, 4.69) is 15.6 Å². The third-order valence-electron chi connectivity index (χ3n) is 2.14. The van der Waals surface area contributed by atoms with Crippen molar-refractivity contribution >= 4 is 5.82 Å². The van der Waals surface area contributed by atoms with Crippen LogP contribution in [0.5, 0.6) is 0 Å². The number of anilines is 1. The van der Waals surface area contributed by atoms with Crippen molar-refractivity contribution in [1.29, 1.82) is 0 Å². The van der Waals surface area contributed by atoms with E-state index in [1.54, 1.807) is 6.07 Å². The average Bonchev–Trinajstić information content (AvgIpc) is 2.62. The molecule has 4 heteroatoms. The Hall–Kier alpha value is -1.16. The van der Waals surface area contributed by atoms with Gasteiger partial charge in [-0.2, -0.15) is 0 Å². The number of nitrogens with zero attached hydrogens (tertiary/aromatic N) is 1. The van der Waals surface area contributed by atoms with Gasteiger partial charge in [0.05, 0.1) is 6.20 Å². The molecule has 0 saturated carbocycles. The van der Waals surface area contributed by atoms with E-state index in [1.807, 2.05) is 0 Å². The van der Waals surface area contributed by atoms with Crippen LogP contribution in [0.3, 0.4) is 0 Å². The third-order valence-corrected chi connectivity index (χ3v) is 2.14. The lowest BCUT2D eigenvalue weighted by molar-refractivity contribution is 0.621. The number of hydrogen-bond donors (Lipinski definition) is 2. The van der Waals surface area contributed by atoms with Gasteiger partial charge in [-0.15, -0.1) is 0 Å². The van der Waals surface area contributed by atoms with Crippen molar-refractivity contribution in [2.24, 2.45) is 0 Å². The van der Waals surface area contributed by atoms with Crippen molar-refractivity contribution in [3.8, 4) is 0 Å². The van der Waals surface area contributed by atoms with Crippen molar-refractivity contribution in [2.45, 2.75) is 12.5 Å². The fraction of sp³-hybridized carbons (Fsp3) is 0.444. The Morgan fingerprint density at radius 3 is 3.08 bits per heavy atom. The largest absolute Gasteiger partial charge is 0.366 e. The SMILES string of the molecule is Fc1ccc(N[C@@H]2CCNC2)nc1. The Labute approximate surface area is 76.4 Å². The van der Waals surface area contributed by atoms with E-state index in [1.165, 1.54) is 12.3 Å². The van der Waals surface area contributed by atoms with Crippen molar-refractivity contribution in [3.05, 3.63) is 24.1 Å². The van der Waals surface area contributed by atoms with Gasteiger partial charge in [0, 0.05) is 12.6 Å². The summed E-state index contributed by atoms with van der Waals surface area (Å²) in [6.07, 6.45) is 2.32. The summed E-state index contributed by atoms with van der Waals surface area (Å²) in [5.74, 6) is 0.449. The van der Waals surface area contributed by atoms with Crippen LogP contribution in [0, 0.1) is 5.82 Å². The van der Waals surface area contributed by atoms with E-state index in [-0.39, 0.29) is 5.82 Å². The Morgan fingerprint density at radius 1 is 1.54 bits per heavy atom. The van der Waals surface area contributed by atoms with Gasteiger partial charge in [-0.1, -0.05) is 0 Å². The van der Waals surface area contributed by atoms with E-state index in [4.69, 9.17) is 0 Å². The van der Waals surface area contributed by atoms with Gasteiger partial charge in [0.1, 0.15) is 11.6 Å². The molecule has 1 atom stereocenters. The van der Waals surface area contributed by atoms with Gasteiger partial charge >= 0.3 is 0 Å². The first-order valence-corrected chi connectivity index (χ1v) is 4.43. The lowest BCUT2D eigenvalue weighted by Gasteiger charge is -2.10. The maximum absolute atomic E-state index is 12.5. The van der Waals surface area contributed by atoms with E-state index in [0.717, 1.165) is 25.3 Å².